The smallest absolute Gasteiger partial charge is 0.324 e. The van der Waals surface area contributed by atoms with Gasteiger partial charge in [-0.15, -0.1) is 11.8 Å². The van der Waals surface area contributed by atoms with Gasteiger partial charge in [0.15, 0.2) is 0 Å². The van der Waals surface area contributed by atoms with E-state index in [2.05, 4.69) is 21.2 Å². The van der Waals surface area contributed by atoms with Gasteiger partial charge in [0, 0.05) is 9.37 Å². The number of fused-ring (bicyclic) bond motifs is 1. The van der Waals surface area contributed by atoms with E-state index in [-0.39, 0.29) is 5.91 Å². The Hall–Kier alpha value is -1.47. The van der Waals surface area contributed by atoms with Crippen molar-refractivity contribution >= 4 is 39.3 Å². The standard InChI is InChI=1S/C15H9BrF3NOS/c16-10-5-6-12-11(7-10)20-14(21)13(22-12)8-1-3-9(4-2-8)15(17,18)19/h1-7,13H,(H,20,21). The fraction of sp³-hybridized carbons (Fsp3) is 0.133. The summed E-state index contributed by atoms with van der Waals surface area (Å²) in [6, 6.07) is 10.2. The SMILES string of the molecule is O=C1Nc2cc(Br)ccc2SC1c1ccc(C(F)(F)F)cc1. The Kier molecular flexibility index (Phi) is 3.94. The Balaban J connectivity index is 1.89. The number of thioether (sulfide) groups is 1. The molecule has 2 aromatic rings. The molecule has 0 aliphatic carbocycles. The van der Waals surface area contributed by atoms with E-state index >= 15 is 0 Å². The number of carbonyl (C=O) groups excluding carboxylic acids is 1. The maximum absolute atomic E-state index is 12.6. The van der Waals surface area contributed by atoms with Crippen molar-refractivity contribution in [1.29, 1.82) is 0 Å². The van der Waals surface area contributed by atoms with E-state index in [1.165, 1.54) is 23.9 Å². The molecule has 0 saturated heterocycles. The molecular formula is C15H9BrF3NOS. The van der Waals surface area contributed by atoms with E-state index in [4.69, 9.17) is 0 Å². The molecule has 1 aliphatic rings. The lowest BCUT2D eigenvalue weighted by atomic mass is 10.1. The highest BCUT2D eigenvalue weighted by Crippen LogP contribution is 2.44. The van der Waals surface area contributed by atoms with Crippen LogP contribution in [-0.2, 0) is 11.0 Å². The molecule has 1 aliphatic heterocycles. The van der Waals surface area contributed by atoms with E-state index < -0.39 is 17.0 Å². The minimum absolute atomic E-state index is 0.240. The van der Waals surface area contributed by atoms with Crippen molar-refractivity contribution < 1.29 is 18.0 Å². The highest BCUT2D eigenvalue weighted by Gasteiger charge is 2.32. The number of rotatable bonds is 1. The average molecular weight is 388 g/mol. The maximum Gasteiger partial charge on any atom is 0.416 e. The number of carbonyl (C=O) groups is 1. The first-order valence-electron chi connectivity index (χ1n) is 6.29. The first-order chi connectivity index (χ1) is 10.3. The van der Waals surface area contributed by atoms with Gasteiger partial charge >= 0.3 is 6.18 Å². The minimum Gasteiger partial charge on any atom is -0.324 e. The number of alkyl halides is 3. The molecule has 0 spiro atoms. The molecule has 1 heterocycles. The van der Waals surface area contributed by atoms with Crippen LogP contribution in [-0.4, -0.2) is 5.91 Å². The minimum atomic E-state index is -4.38. The van der Waals surface area contributed by atoms with Gasteiger partial charge in [0.05, 0.1) is 11.3 Å². The molecule has 0 aromatic heterocycles. The van der Waals surface area contributed by atoms with Crippen molar-refractivity contribution in [3.8, 4) is 0 Å². The Bertz CT molecular complexity index is 731. The van der Waals surface area contributed by atoms with Gasteiger partial charge in [0.2, 0.25) is 5.91 Å². The molecule has 2 aromatic carbocycles. The molecule has 1 unspecified atom stereocenters. The first kappa shape index (κ1) is 15.4. The fourth-order valence-corrected chi connectivity index (χ4v) is 3.61. The number of amides is 1. The predicted molar refractivity (Wildman–Crippen MR) is 82.8 cm³/mol. The molecule has 0 radical (unpaired) electrons. The highest BCUT2D eigenvalue weighted by atomic mass is 79.9. The van der Waals surface area contributed by atoms with Gasteiger partial charge in [-0.05, 0) is 35.9 Å². The molecule has 0 bridgehead atoms. The average Bonchev–Trinajstić information content (AvgIpc) is 2.45. The maximum atomic E-state index is 12.6. The third kappa shape index (κ3) is 3.01. The molecule has 1 N–H and O–H groups in total. The van der Waals surface area contributed by atoms with E-state index in [9.17, 15) is 18.0 Å². The zero-order valence-electron chi connectivity index (χ0n) is 10.9. The zero-order chi connectivity index (χ0) is 15.9. The molecule has 7 heteroatoms. The monoisotopic (exact) mass is 387 g/mol. The second-order valence-corrected chi connectivity index (χ2v) is 6.81. The van der Waals surface area contributed by atoms with Crippen molar-refractivity contribution in [2.45, 2.75) is 16.3 Å². The van der Waals surface area contributed by atoms with Crippen molar-refractivity contribution in [3.63, 3.8) is 0 Å². The number of nitrogens with one attached hydrogen (secondary N) is 1. The second kappa shape index (κ2) is 5.62. The van der Waals surface area contributed by atoms with Crippen LogP contribution in [0.3, 0.4) is 0 Å². The van der Waals surface area contributed by atoms with E-state index in [0.29, 0.717) is 11.3 Å². The Labute approximate surface area is 137 Å². The predicted octanol–water partition coefficient (Wildman–Crippen LogP) is 5.25. The van der Waals surface area contributed by atoms with E-state index in [1.807, 2.05) is 12.1 Å². The van der Waals surface area contributed by atoms with Gasteiger partial charge in [-0.1, -0.05) is 28.1 Å². The largest absolute Gasteiger partial charge is 0.416 e. The van der Waals surface area contributed by atoms with Crippen LogP contribution in [0.15, 0.2) is 51.8 Å². The number of halogens is 4. The summed E-state index contributed by atoms with van der Waals surface area (Å²) >= 11 is 4.66. The number of hydrogen-bond acceptors (Lipinski definition) is 2. The summed E-state index contributed by atoms with van der Waals surface area (Å²) in [5, 5.41) is 2.22. The highest BCUT2D eigenvalue weighted by molar-refractivity contribution is 9.10. The van der Waals surface area contributed by atoms with E-state index in [0.717, 1.165) is 21.5 Å². The lowest BCUT2D eigenvalue weighted by Gasteiger charge is -2.24. The summed E-state index contributed by atoms with van der Waals surface area (Å²) in [5.41, 5.74) is 0.526. The first-order valence-corrected chi connectivity index (χ1v) is 7.96. The molecule has 22 heavy (non-hydrogen) atoms. The molecule has 0 fully saturated rings. The number of anilines is 1. The lowest BCUT2D eigenvalue weighted by molar-refractivity contribution is -0.137. The van der Waals surface area contributed by atoms with Gasteiger partial charge in [-0.3, -0.25) is 4.79 Å². The summed E-state index contributed by atoms with van der Waals surface area (Å²) in [4.78, 5) is 13.1. The Morgan fingerprint density at radius 3 is 2.41 bits per heavy atom. The second-order valence-electron chi connectivity index (χ2n) is 4.75. The quantitative estimate of drug-likeness (QED) is 0.723. The molecule has 1 atom stereocenters. The summed E-state index contributed by atoms with van der Waals surface area (Å²) < 4.78 is 38.6. The van der Waals surface area contributed by atoms with Crippen LogP contribution in [0.4, 0.5) is 18.9 Å². The Morgan fingerprint density at radius 2 is 1.77 bits per heavy atom. The molecule has 3 rings (SSSR count). The Morgan fingerprint density at radius 1 is 1.09 bits per heavy atom. The third-order valence-electron chi connectivity index (χ3n) is 3.22. The van der Waals surface area contributed by atoms with Crippen LogP contribution in [0, 0.1) is 0 Å². The fourth-order valence-electron chi connectivity index (χ4n) is 2.15. The van der Waals surface area contributed by atoms with Crippen LogP contribution in [0.1, 0.15) is 16.4 Å². The van der Waals surface area contributed by atoms with Crippen LogP contribution in [0.5, 0.6) is 0 Å². The van der Waals surface area contributed by atoms with Crippen LogP contribution >= 0.6 is 27.7 Å². The van der Waals surface area contributed by atoms with E-state index in [1.54, 1.807) is 6.07 Å². The van der Waals surface area contributed by atoms with Gasteiger partial charge in [0.25, 0.3) is 0 Å². The summed E-state index contributed by atoms with van der Waals surface area (Å²) in [7, 11) is 0. The summed E-state index contributed by atoms with van der Waals surface area (Å²) in [6.07, 6.45) is -4.38. The van der Waals surface area contributed by atoms with Gasteiger partial charge in [-0.2, -0.15) is 13.2 Å². The zero-order valence-corrected chi connectivity index (χ0v) is 13.3. The van der Waals surface area contributed by atoms with Crippen molar-refractivity contribution in [2.75, 3.05) is 5.32 Å². The van der Waals surface area contributed by atoms with Crippen molar-refractivity contribution in [2.24, 2.45) is 0 Å². The normalized spacial score (nSPS) is 17.8. The van der Waals surface area contributed by atoms with Gasteiger partial charge in [0.1, 0.15) is 5.25 Å². The van der Waals surface area contributed by atoms with Crippen molar-refractivity contribution in [3.05, 3.63) is 58.1 Å². The van der Waals surface area contributed by atoms with Crippen LogP contribution in [0.25, 0.3) is 0 Å². The van der Waals surface area contributed by atoms with Gasteiger partial charge in [-0.25, -0.2) is 0 Å². The molecule has 1 amide bonds. The molecule has 2 nitrogen and oxygen atoms in total. The van der Waals surface area contributed by atoms with Crippen LogP contribution < -0.4 is 5.32 Å². The van der Waals surface area contributed by atoms with Crippen molar-refractivity contribution in [1.82, 2.24) is 0 Å². The topological polar surface area (TPSA) is 29.1 Å². The summed E-state index contributed by atoms with van der Waals surface area (Å²) in [6.45, 7) is 0. The molecular weight excluding hydrogens is 379 g/mol. The van der Waals surface area contributed by atoms with Crippen LogP contribution in [0.2, 0.25) is 0 Å². The number of benzene rings is 2. The molecule has 114 valence electrons. The third-order valence-corrected chi connectivity index (χ3v) is 5.05. The summed E-state index contributed by atoms with van der Waals surface area (Å²) in [5.74, 6) is -0.240. The number of hydrogen-bond donors (Lipinski definition) is 1. The molecule has 0 saturated carbocycles. The van der Waals surface area contributed by atoms with Gasteiger partial charge < -0.3 is 5.32 Å². The lowest BCUT2D eigenvalue weighted by Crippen LogP contribution is -2.23.